The van der Waals surface area contributed by atoms with E-state index in [4.69, 9.17) is 10.7 Å². The van der Waals surface area contributed by atoms with Gasteiger partial charge in [0.1, 0.15) is 11.7 Å². The summed E-state index contributed by atoms with van der Waals surface area (Å²) < 4.78 is 15.7. The Balaban J connectivity index is 1.64. The second kappa shape index (κ2) is 8.76. The Bertz CT molecular complexity index is 919. The Labute approximate surface area is 179 Å². The number of benzene rings is 1. The molecule has 3 aliphatic rings. The highest BCUT2D eigenvalue weighted by Crippen LogP contribution is 2.41. The van der Waals surface area contributed by atoms with E-state index in [9.17, 15) is 0 Å². The van der Waals surface area contributed by atoms with Crippen LogP contribution in [0, 0.1) is 18.8 Å². The predicted molar refractivity (Wildman–Crippen MR) is 124 cm³/mol. The molecule has 0 bridgehead atoms. The minimum atomic E-state index is -0.156. The van der Waals surface area contributed by atoms with Crippen LogP contribution in [0.25, 0.3) is 5.57 Å². The molecule has 2 heterocycles. The average molecular weight is 409 g/mol. The highest BCUT2D eigenvalue weighted by molar-refractivity contribution is 5.86. The molecular weight excluding hydrogens is 375 g/mol. The van der Waals surface area contributed by atoms with Crippen molar-refractivity contribution in [2.75, 3.05) is 25.9 Å². The number of fused-ring (bicyclic) bond motifs is 1. The first-order valence-corrected chi connectivity index (χ1v) is 11.1. The lowest BCUT2D eigenvalue weighted by Crippen LogP contribution is -2.34. The second-order valence-electron chi connectivity index (χ2n) is 9.00. The maximum absolute atomic E-state index is 15.7. The molecule has 0 saturated carbocycles. The number of nitrogens with one attached hydrogen (secondary N) is 1. The van der Waals surface area contributed by atoms with Gasteiger partial charge in [-0.25, -0.2) is 4.39 Å². The number of nitrogens with zero attached hydrogens (tertiary/aromatic N) is 2. The first-order chi connectivity index (χ1) is 14.4. The monoisotopic (exact) mass is 408 g/mol. The van der Waals surface area contributed by atoms with Crippen molar-refractivity contribution in [2.45, 2.75) is 45.6 Å². The SMILES string of the molecule is Cc1c(N)cccc1C1=C(F)/C2=C/NC(=NC3CCN(C)CC3)CCC(C)C2C=C1. The summed E-state index contributed by atoms with van der Waals surface area (Å²) in [6, 6.07) is 6.05. The number of halogens is 1. The highest BCUT2D eigenvalue weighted by Gasteiger charge is 2.30. The Hall–Kier alpha value is -2.40. The van der Waals surface area contributed by atoms with Gasteiger partial charge < -0.3 is 16.0 Å². The Morgan fingerprint density at radius 3 is 2.73 bits per heavy atom. The number of rotatable bonds is 2. The van der Waals surface area contributed by atoms with Crippen LogP contribution < -0.4 is 11.1 Å². The molecular formula is C25H33FN4. The summed E-state index contributed by atoms with van der Waals surface area (Å²) in [7, 11) is 2.16. The number of likely N-dealkylation sites (tertiary alicyclic amines) is 1. The van der Waals surface area contributed by atoms with Crippen molar-refractivity contribution in [1.82, 2.24) is 10.2 Å². The van der Waals surface area contributed by atoms with E-state index in [0.717, 1.165) is 61.3 Å². The van der Waals surface area contributed by atoms with Gasteiger partial charge in [0.25, 0.3) is 0 Å². The molecule has 0 spiro atoms. The number of amidine groups is 1. The van der Waals surface area contributed by atoms with Crippen LogP contribution in [0.5, 0.6) is 0 Å². The molecule has 5 heteroatoms. The van der Waals surface area contributed by atoms with Crippen LogP contribution in [-0.4, -0.2) is 36.9 Å². The van der Waals surface area contributed by atoms with Crippen LogP contribution in [-0.2, 0) is 0 Å². The molecule has 1 aromatic rings. The third-order valence-electron chi connectivity index (χ3n) is 6.86. The number of nitrogens with two attached hydrogens (primary N) is 1. The molecule has 2 unspecified atom stereocenters. The number of hydrogen-bond donors (Lipinski definition) is 2. The lowest BCUT2D eigenvalue weighted by molar-refractivity contribution is 0.256. The van der Waals surface area contributed by atoms with Gasteiger partial charge in [-0.1, -0.05) is 31.2 Å². The Kier molecular flexibility index (Phi) is 6.09. The lowest BCUT2D eigenvalue weighted by Gasteiger charge is -2.31. The molecule has 1 aromatic carbocycles. The summed E-state index contributed by atoms with van der Waals surface area (Å²) >= 11 is 0. The van der Waals surface area contributed by atoms with E-state index >= 15 is 4.39 Å². The maximum Gasteiger partial charge on any atom is 0.136 e. The number of allylic oxidation sites excluding steroid dienone is 5. The highest BCUT2D eigenvalue weighted by atomic mass is 19.1. The number of anilines is 1. The first kappa shape index (κ1) is 20.9. The number of hydrogen-bond acceptors (Lipinski definition) is 3. The molecule has 2 atom stereocenters. The molecule has 160 valence electrons. The molecule has 1 aliphatic carbocycles. The van der Waals surface area contributed by atoms with Crippen LogP contribution in [0.15, 0.2) is 52.9 Å². The molecule has 0 aromatic heterocycles. The maximum atomic E-state index is 15.7. The summed E-state index contributed by atoms with van der Waals surface area (Å²) in [5, 5.41) is 3.37. The van der Waals surface area contributed by atoms with E-state index < -0.39 is 0 Å². The van der Waals surface area contributed by atoms with Crippen molar-refractivity contribution in [1.29, 1.82) is 0 Å². The van der Waals surface area contributed by atoms with Gasteiger partial charge in [0.15, 0.2) is 0 Å². The first-order valence-electron chi connectivity index (χ1n) is 11.1. The van der Waals surface area contributed by atoms with E-state index in [1.54, 1.807) is 0 Å². The van der Waals surface area contributed by atoms with E-state index in [0.29, 0.717) is 23.2 Å². The van der Waals surface area contributed by atoms with E-state index in [1.807, 2.05) is 37.4 Å². The zero-order valence-corrected chi connectivity index (χ0v) is 18.3. The molecule has 1 fully saturated rings. The summed E-state index contributed by atoms with van der Waals surface area (Å²) in [6.45, 7) is 6.34. The molecule has 4 rings (SSSR count). The van der Waals surface area contributed by atoms with Crippen LogP contribution >= 0.6 is 0 Å². The number of aliphatic imine (C=N–C) groups is 1. The van der Waals surface area contributed by atoms with E-state index in [-0.39, 0.29) is 11.7 Å². The summed E-state index contributed by atoms with van der Waals surface area (Å²) in [4.78, 5) is 7.34. The minimum absolute atomic E-state index is 0.0764. The van der Waals surface area contributed by atoms with Gasteiger partial charge >= 0.3 is 0 Å². The molecule has 30 heavy (non-hydrogen) atoms. The van der Waals surface area contributed by atoms with Gasteiger partial charge in [-0.05, 0) is 69.4 Å². The molecule has 4 nitrogen and oxygen atoms in total. The van der Waals surface area contributed by atoms with Crippen molar-refractivity contribution in [3.8, 4) is 0 Å². The molecule has 0 radical (unpaired) electrons. The lowest BCUT2D eigenvalue weighted by atomic mass is 9.78. The van der Waals surface area contributed by atoms with Gasteiger partial charge in [0.05, 0.1) is 6.04 Å². The molecule has 0 amide bonds. The standard InChI is InChI=1S/C25H33FN4/c1-16-7-10-24(29-18-11-13-30(3)14-12-18)28-15-22-19(16)8-9-21(25(22)26)20-5-4-6-23(27)17(20)2/h4-6,8-9,15-16,18-19H,7,10-14,27H2,1-3H3,(H,28,29)/b22-15+. The normalized spacial score (nSPS) is 29.1. The van der Waals surface area contributed by atoms with Crippen LogP contribution in [0.1, 0.15) is 43.7 Å². The topological polar surface area (TPSA) is 53.6 Å². The Morgan fingerprint density at radius 2 is 1.97 bits per heavy atom. The predicted octanol–water partition coefficient (Wildman–Crippen LogP) is 4.84. The number of piperidine rings is 1. The fourth-order valence-electron chi connectivity index (χ4n) is 4.71. The fourth-order valence-corrected chi connectivity index (χ4v) is 4.71. The van der Waals surface area contributed by atoms with Crippen molar-refractivity contribution >= 4 is 17.1 Å². The third-order valence-corrected chi connectivity index (χ3v) is 6.86. The molecule has 2 aliphatic heterocycles. The summed E-state index contributed by atoms with van der Waals surface area (Å²) in [5.74, 6) is 1.27. The van der Waals surface area contributed by atoms with Crippen molar-refractivity contribution in [3.63, 3.8) is 0 Å². The largest absolute Gasteiger partial charge is 0.398 e. The minimum Gasteiger partial charge on any atom is -0.398 e. The van der Waals surface area contributed by atoms with Crippen LogP contribution in [0.2, 0.25) is 0 Å². The van der Waals surface area contributed by atoms with Crippen LogP contribution in [0.4, 0.5) is 10.1 Å². The average Bonchev–Trinajstić information content (AvgIpc) is 2.73. The summed E-state index contributed by atoms with van der Waals surface area (Å²) in [6.07, 6.45) is 10.0. The quantitative estimate of drug-likeness (QED) is 0.689. The summed E-state index contributed by atoms with van der Waals surface area (Å²) in [5.41, 5.74) is 9.88. The van der Waals surface area contributed by atoms with Crippen molar-refractivity contribution in [2.24, 2.45) is 16.8 Å². The van der Waals surface area contributed by atoms with Gasteiger partial charge in [0.2, 0.25) is 0 Å². The van der Waals surface area contributed by atoms with Gasteiger partial charge in [-0.15, -0.1) is 0 Å². The van der Waals surface area contributed by atoms with Crippen molar-refractivity contribution < 1.29 is 4.39 Å². The Morgan fingerprint density at radius 1 is 1.20 bits per heavy atom. The third kappa shape index (κ3) is 4.22. The zero-order chi connectivity index (χ0) is 21.3. The number of nitrogen functional groups attached to an aromatic ring is 1. The molecule has 1 saturated heterocycles. The van der Waals surface area contributed by atoms with Gasteiger partial charge in [-0.2, -0.15) is 0 Å². The second-order valence-corrected chi connectivity index (χ2v) is 9.00. The van der Waals surface area contributed by atoms with Crippen LogP contribution in [0.3, 0.4) is 0 Å². The van der Waals surface area contributed by atoms with Gasteiger partial charge in [0, 0.05) is 35.4 Å². The van der Waals surface area contributed by atoms with Crippen molar-refractivity contribution in [3.05, 3.63) is 59.1 Å². The smallest absolute Gasteiger partial charge is 0.136 e. The fraction of sp³-hybridized carbons (Fsp3) is 0.480. The molecule has 3 N–H and O–H groups in total. The van der Waals surface area contributed by atoms with E-state index in [2.05, 4.69) is 30.3 Å². The van der Waals surface area contributed by atoms with E-state index in [1.165, 1.54) is 0 Å². The zero-order valence-electron chi connectivity index (χ0n) is 18.3. The van der Waals surface area contributed by atoms with Gasteiger partial charge in [-0.3, -0.25) is 4.99 Å².